The van der Waals surface area contributed by atoms with E-state index in [4.69, 9.17) is 4.74 Å². The molecule has 0 unspecified atom stereocenters. The van der Waals surface area contributed by atoms with E-state index in [1.165, 1.54) is 4.90 Å². The van der Waals surface area contributed by atoms with Crippen molar-refractivity contribution < 1.29 is 22.7 Å². The Balaban J connectivity index is 2.39. The number of sulfonamides is 1. The molecule has 0 aliphatic heterocycles. The molecule has 1 atom stereocenters. The van der Waals surface area contributed by atoms with E-state index in [9.17, 15) is 18.0 Å². The molecule has 2 rings (SSSR count). The first-order chi connectivity index (χ1) is 16.0. The number of benzene rings is 2. The third-order valence-electron chi connectivity index (χ3n) is 5.40. The summed E-state index contributed by atoms with van der Waals surface area (Å²) < 4.78 is 31.6. The third kappa shape index (κ3) is 7.48. The summed E-state index contributed by atoms with van der Waals surface area (Å²) in [5.41, 5.74) is 2.99. The third-order valence-corrected chi connectivity index (χ3v) is 6.54. The van der Waals surface area contributed by atoms with Crippen LogP contribution in [0.15, 0.2) is 42.5 Å². The van der Waals surface area contributed by atoms with E-state index in [2.05, 4.69) is 5.32 Å². The fourth-order valence-corrected chi connectivity index (χ4v) is 4.45. The molecule has 0 aliphatic carbocycles. The van der Waals surface area contributed by atoms with Crippen molar-refractivity contribution in [1.82, 2.24) is 10.2 Å². The first-order valence-corrected chi connectivity index (χ1v) is 13.1. The van der Waals surface area contributed by atoms with Gasteiger partial charge < -0.3 is 15.0 Å². The number of nitrogens with one attached hydrogen (secondary N) is 1. The Kier molecular flexibility index (Phi) is 9.49. The van der Waals surface area contributed by atoms with Crippen LogP contribution < -0.4 is 14.4 Å². The fourth-order valence-electron chi connectivity index (χ4n) is 3.61. The summed E-state index contributed by atoms with van der Waals surface area (Å²) in [6, 6.07) is 11.8. The SMILES string of the molecule is CCCNC(=O)[C@@H](C)N(Cc1ccc(OC)cc1)C(=O)CN(c1cc(C)cc(C)c1)S(C)(=O)=O. The number of carbonyl (C=O) groups is 2. The Morgan fingerprint density at radius 1 is 1.06 bits per heavy atom. The van der Waals surface area contributed by atoms with E-state index in [0.29, 0.717) is 18.0 Å². The number of nitrogens with zero attached hydrogens (tertiary/aromatic N) is 2. The molecule has 0 saturated heterocycles. The molecule has 1 N–H and O–H groups in total. The van der Waals surface area contributed by atoms with Gasteiger partial charge in [0.1, 0.15) is 18.3 Å². The molecule has 2 aromatic carbocycles. The highest BCUT2D eigenvalue weighted by molar-refractivity contribution is 7.92. The lowest BCUT2D eigenvalue weighted by molar-refractivity contribution is -0.139. The van der Waals surface area contributed by atoms with Crippen LogP contribution in [-0.4, -0.2) is 57.6 Å². The minimum absolute atomic E-state index is 0.147. The monoisotopic (exact) mass is 489 g/mol. The molecule has 0 saturated carbocycles. The van der Waals surface area contributed by atoms with Gasteiger partial charge in [0.2, 0.25) is 21.8 Å². The van der Waals surface area contributed by atoms with Crippen LogP contribution >= 0.6 is 0 Å². The maximum atomic E-state index is 13.5. The molecule has 2 amide bonds. The second-order valence-electron chi connectivity index (χ2n) is 8.45. The molecule has 34 heavy (non-hydrogen) atoms. The second-order valence-corrected chi connectivity index (χ2v) is 10.4. The summed E-state index contributed by atoms with van der Waals surface area (Å²) >= 11 is 0. The first-order valence-electron chi connectivity index (χ1n) is 11.2. The van der Waals surface area contributed by atoms with Gasteiger partial charge in [0.05, 0.1) is 19.1 Å². The van der Waals surface area contributed by atoms with Crippen LogP contribution in [0.5, 0.6) is 5.75 Å². The van der Waals surface area contributed by atoms with Gasteiger partial charge in [-0.15, -0.1) is 0 Å². The van der Waals surface area contributed by atoms with E-state index in [0.717, 1.165) is 33.7 Å². The Labute approximate surface area is 202 Å². The zero-order valence-corrected chi connectivity index (χ0v) is 21.6. The van der Waals surface area contributed by atoms with Crippen LogP contribution in [0.25, 0.3) is 0 Å². The van der Waals surface area contributed by atoms with Crippen LogP contribution in [0.2, 0.25) is 0 Å². The number of anilines is 1. The lowest BCUT2D eigenvalue weighted by atomic mass is 10.1. The standard InChI is InChI=1S/C25H35N3O5S/c1-7-12-26-25(30)20(4)27(16-21-8-10-23(33-5)11-9-21)24(29)17-28(34(6,31)32)22-14-18(2)13-19(3)15-22/h8-11,13-15,20H,7,12,16-17H2,1-6H3,(H,26,30)/t20-/m1/s1. The van der Waals surface area contributed by atoms with Crippen LogP contribution in [-0.2, 0) is 26.2 Å². The van der Waals surface area contributed by atoms with E-state index in [1.54, 1.807) is 38.3 Å². The van der Waals surface area contributed by atoms with Gasteiger partial charge in [0.25, 0.3) is 0 Å². The average Bonchev–Trinajstić information content (AvgIpc) is 2.77. The predicted octanol–water partition coefficient (Wildman–Crippen LogP) is 3.02. The number of amides is 2. The number of hydrogen-bond donors (Lipinski definition) is 1. The van der Waals surface area contributed by atoms with Gasteiger partial charge in [-0.05, 0) is 68.1 Å². The van der Waals surface area contributed by atoms with Gasteiger partial charge >= 0.3 is 0 Å². The number of ether oxygens (including phenoxy) is 1. The molecule has 9 heteroatoms. The molecule has 0 bridgehead atoms. The maximum absolute atomic E-state index is 13.5. The Morgan fingerprint density at radius 3 is 2.15 bits per heavy atom. The quantitative estimate of drug-likeness (QED) is 0.523. The van der Waals surface area contributed by atoms with Gasteiger partial charge in [-0.3, -0.25) is 13.9 Å². The number of rotatable bonds is 11. The molecule has 0 aliphatic rings. The summed E-state index contributed by atoms with van der Waals surface area (Å²) in [6.07, 6.45) is 1.84. The van der Waals surface area contributed by atoms with E-state index in [1.807, 2.05) is 39.0 Å². The van der Waals surface area contributed by atoms with Crippen molar-refractivity contribution in [1.29, 1.82) is 0 Å². The topological polar surface area (TPSA) is 96.0 Å². The van der Waals surface area contributed by atoms with Crippen molar-refractivity contribution in [2.45, 2.75) is 46.7 Å². The predicted molar refractivity (Wildman–Crippen MR) is 134 cm³/mol. The van der Waals surface area contributed by atoms with Gasteiger partial charge in [-0.1, -0.05) is 25.1 Å². The lowest BCUT2D eigenvalue weighted by Gasteiger charge is -2.31. The molecule has 0 fully saturated rings. The molecule has 0 radical (unpaired) electrons. The number of carbonyl (C=O) groups excluding carboxylic acids is 2. The van der Waals surface area contributed by atoms with Crippen LogP contribution in [0.3, 0.4) is 0 Å². The van der Waals surface area contributed by atoms with Gasteiger partial charge in [0.15, 0.2) is 0 Å². The minimum atomic E-state index is -3.75. The second kappa shape index (κ2) is 11.9. The van der Waals surface area contributed by atoms with Crippen molar-refractivity contribution in [3.63, 3.8) is 0 Å². The van der Waals surface area contributed by atoms with Crippen molar-refractivity contribution >= 4 is 27.5 Å². The van der Waals surface area contributed by atoms with Crippen LogP contribution in [0.4, 0.5) is 5.69 Å². The minimum Gasteiger partial charge on any atom is -0.497 e. The fraction of sp³-hybridized carbons (Fsp3) is 0.440. The van der Waals surface area contributed by atoms with E-state index >= 15 is 0 Å². The summed E-state index contributed by atoms with van der Waals surface area (Å²) in [6.45, 7) is 7.56. The van der Waals surface area contributed by atoms with Crippen molar-refractivity contribution in [2.24, 2.45) is 0 Å². The number of aryl methyl sites for hydroxylation is 2. The van der Waals surface area contributed by atoms with Crippen molar-refractivity contribution in [3.05, 3.63) is 59.2 Å². The molecular weight excluding hydrogens is 454 g/mol. The molecule has 2 aromatic rings. The average molecular weight is 490 g/mol. The molecule has 0 heterocycles. The Hall–Kier alpha value is -3.07. The molecule has 0 aromatic heterocycles. The lowest BCUT2D eigenvalue weighted by Crippen LogP contribution is -2.51. The summed E-state index contributed by atoms with van der Waals surface area (Å²) in [7, 11) is -2.19. The summed E-state index contributed by atoms with van der Waals surface area (Å²) in [5, 5.41) is 2.82. The van der Waals surface area contributed by atoms with E-state index < -0.39 is 28.5 Å². The maximum Gasteiger partial charge on any atom is 0.244 e. The summed E-state index contributed by atoms with van der Waals surface area (Å²) in [4.78, 5) is 27.6. The van der Waals surface area contributed by atoms with Gasteiger partial charge in [0, 0.05) is 13.1 Å². The molecule has 8 nitrogen and oxygen atoms in total. The van der Waals surface area contributed by atoms with Crippen molar-refractivity contribution in [2.75, 3.05) is 30.8 Å². The normalized spacial score (nSPS) is 12.1. The summed E-state index contributed by atoms with van der Waals surface area (Å²) in [5.74, 6) is -0.0889. The Morgan fingerprint density at radius 2 is 1.65 bits per heavy atom. The van der Waals surface area contributed by atoms with Gasteiger partial charge in [-0.2, -0.15) is 0 Å². The number of hydrogen-bond acceptors (Lipinski definition) is 5. The zero-order valence-electron chi connectivity index (χ0n) is 20.8. The van der Waals surface area contributed by atoms with Gasteiger partial charge in [-0.25, -0.2) is 8.42 Å². The molecule has 186 valence electrons. The van der Waals surface area contributed by atoms with E-state index in [-0.39, 0.29) is 12.5 Å². The highest BCUT2D eigenvalue weighted by Crippen LogP contribution is 2.22. The molecular formula is C25H35N3O5S. The highest BCUT2D eigenvalue weighted by atomic mass is 32.2. The first kappa shape index (κ1) is 27.2. The smallest absolute Gasteiger partial charge is 0.244 e. The Bertz CT molecular complexity index is 1080. The zero-order chi connectivity index (χ0) is 25.5. The molecule has 0 spiro atoms. The highest BCUT2D eigenvalue weighted by Gasteiger charge is 2.30. The number of methoxy groups -OCH3 is 1. The van der Waals surface area contributed by atoms with Crippen molar-refractivity contribution in [3.8, 4) is 5.75 Å². The largest absolute Gasteiger partial charge is 0.497 e. The van der Waals surface area contributed by atoms with Crippen LogP contribution in [0, 0.1) is 13.8 Å². The van der Waals surface area contributed by atoms with Crippen LogP contribution in [0.1, 0.15) is 37.0 Å².